The van der Waals surface area contributed by atoms with E-state index in [4.69, 9.17) is 5.11 Å². The van der Waals surface area contributed by atoms with E-state index in [1.807, 2.05) is 0 Å². The third-order valence-corrected chi connectivity index (χ3v) is 2.94. The van der Waals surface area contributed by atoms with Gasteiger partial charge in [-0.2, -0.15) is 0 Å². The average molecular weight is 317 g/mol. The molecule has 1 amide bonds. The van der Waals surface area contributed by atoms with Gasteiger partial charge >= 0.3 is 5.97 Å². The Morgan fingerprint density at radius 2 is 1.18 bits per heavy atom. The van der Waals surface area contributed by atoms with Gasteiger partial charge in [-0.05, 0) is 32.5 Å². The van der Waals surface area contributed by atoms with E-state index in [0.29, 0.717) is 19.4 Å². The maximum absolute atomic E-state index is 10.3. The largest absolute Gasteiger partial charge is 0.481 e. The first-order valence-corrected chi connectivity index (χ1v) is 7.99. The highest BCUT2D eigenvalue weighted by molar-refractivity contribution is 5.66. The lowest BCUT2D eigenvalue weighted by molar-refractivity contribution is -0.137. The summed E-state index contributed by atoms with van der Waals surface area (Å²) in [6, 6.07) is 0. The van der Waals surface area contributed by atoms with Gasteiger partial charge in [0.15, 0.2) is 0 Å². The number of nitrogens with one attached hydrogen (secondary N) is 5. The molecular formula is C14H31N5O3. The summed E-state index contributed by atoms with van der Waals surface area (Å²) in [6.07, 6.45) is 2.69. The number of carboxylic acids is 1. The number of hydrogen-bond donors (Lipinski definition) is 6. The molecule has 0 rings (SSSR count). The van der Waals surface area contributed by atoms with E-state index in [1.165, 1.54) is 0 Å². The van der Waals surface area contributed by atoms with Gasteiger partial charge < -0.3 is 31.7 Å². The maximum Gasteiger partial charge on any atom is 0.303 e. The van der Waals surface area contributed by atoms with E-state index >= 15 is 0 Å². The van der Waals surface area contributed by atoms with Crippen molar-refractivity contribution in [2.24, 2.45) is 0 Å². The zero-order chi connectivity index (χ0) is 16.3. The molecule has 0 aromatic heterocycles. The van der Waals surface area contributed by atoms with Crippen molar-refractivity contribution in [2.45, 2.75) is 19.3 Å². The Morgan fingerprint density at radius 3 is 1.68 bits per heavy atom. The molecule has 0 fully saturated rings. The first-order valence-electron chi connectivity index (χ1n) is 7.99. The molecule has 0 unspecified atom stereocenters. The lowest BCUT2D eigenvalue weighted by Crippen LogP contribution is -2.33. The molecule has 0 aliphatic carbocycles. The molecule has 0 heterocycles. The van der Waals surface area contributed by atoms with Crippen molar-refractivity contribution >= 4 is 12.4 Å². The first kappa shape index (κ1) is 20.8. The zero-order valence-corrected chi connectivity index (χ0v) is 13.3. The van der Waals surface area contributed by atoms with Gasteiger partial charge in [-0.3, -0.25) is 9.59 Å². The number of hydrogen-bond acceptors (Lipinski definition) is 6. The van der Waals surface area contributed by atoms with E-state index in [-0.39, 0.29) is 6.42 Å². The van der Waals surface area contributed by atoms with Gasteiger partial charge in [0.25, 0.3) is 0 Å². The van der Waals surface area contributed by atoms with E-state index in [9.17, 15) is 9.59 Å². The second-order valence-corrected chi connectivity index (χ2v) is 4.92. The molecule has 0 aromatic rings. The molecule has 8 nitrogen and oxygen atoms in total. The number of rotatable bonds is 18. The summed E-state index contributed by atoms with van der Waals surface area (Å²) in [5, 5.41) is 24.2. The van der Waals surface area contributed by atoms with E-state index in [2.05, 4.69) is 26.6 Å². The summed E-state index contributed by atoms with van der Waals surface area (Å²) in [4.78, 5) is 20.3. The molecule has 0 radical (unpaired) electrons. The van der Waals surface area contributed by atoms with Crippen molar-refractivity contribution in [2.75, 3.05) is 58.9 Å². The van der Waals surface area contributed by atoms with E-state index in [0.717, 1.165) is 58.8 Å². The smallest absolute Gasteiger partial charge is 0.303 e. The molecule has 0 atom stereocenters. The summed E-state index contributed by atoms with van der Waals surface area (Å²) in [5.41, 5.74) is 0. The minimum Gasteiger partial charge on any atom is -0.481 e. The van der Waals surface area contributed by atoms with Gasteiger partial charge in [0.1, 0.15) is 0 Å². The van der Waals surface area contributed by atoms with Crippen LogP contribution in [0.25, 0.3) is 0 Å². The second-order valence-electron chi connectivity index (χ2n) is 4.92. The van der Waals surface area contributed by atoms with Crippen LogP contribution in [0.2, 0.25) is 0 Å². The van der Waals surface area contributed by atoms with Crippen LogP contribution in [-0.4, -0.2) is 76.4 Å². The van der Waals surface area contributed by atoms with Crippen molar-refractivity contribution in [3.63, 3.8) is 0 Å². The Morgan fingerprint density at radius 1 is 0.727 bits per heavy atom. The molecule has 0 aromatic carbocycles. The minimum atomic E-state index is -0.736. The Balaban J connectivity index is 2.97. The highest BCUT2D eigenvalue weighted by atomic mass is 16.4. The fourth-order valence-electron chi connectivity index (χ4n) is 1.78. The highest BCUT2D eigenvalue weighted by Crippen LogP contribution is 1.84. The molecule has 6 N–H and O–H groups in total. The Kier molecular flexibility index (Phi) is 16.8. The van der Waals surface area contributed by atoms with E-state index < -0.39 is 5.97 Å². The van der Waals surface area contributed by atoms with Gasteiger partial charge in [0.05, 0.1) is 0 Å². The summed E-state index contributed by atoms with van der Waals surface area (Å²) in [7, 11) is 0. The Bertz CT molecular complexity index is 267. The van der Waals surface area contributed by atoms with Gasteiger partial charge in [0.2, 0.25) is 6.41 Å². The van der Waals surface area contributed by atoms with Crippen molar-refractivity contribution in [1.82, 2.24) is 26.6 Å². The van der Waals surface area contributed by atoms with Crippen LogP contribution >= 0.6 is 0 Å². The van der Waals surface area contributed by atoms with Crippen molar-refractivity contribution in [3.8, 4) is 0 Å². The standard InChI is InChI=1S/C14H31N5O3/c20-13-19-12-11-18-10-9-17-6-2-5-16-8-7-15-4-1-3-14(21)22/h13,15-18H,1-12H2,(H,19,20)(H,21,22). The SMILES string of the molecule is O=CNCCNCCNCCCNCCNCCCC(=O)O. The normalized spacial score (nSPS) is 10.5. The van der Waals surface area contributed by atoms with Gasteiger partial charge in [-0.25, -0.2) is 0 Å². The molecule has 0 aliphatic heterocycles. The van der Waals surface area contributed by atoms with Crippen LogP contribution in [0, 0.1) is 0 Å². The quantitative estimate of drug-likeness (QED) is 0.132. The first-order chi connectivity index (χ1) is 10.8. The van der Waals surface area contributed by atoms with Gasteiger partial charge in [-0.1, -0.05) is 0 Å². The molecule has 130 valence electrons. The number of carboxylic acid groups (broad SMARTS) is 1. The van der Waals surface area contributed by atoms with Crippen molar-refractivity contribution in [1.29, 1.82) is 0 Å². The van der Waals surface area contributed by atoms with Crippen LogP contribution in [-0.2, 0) is 9.59 Å². The lowest BCUT2D eigenvalue weighted by Gasteiger charge is -2.08. The maximum atomic E-state index is 10.3. The van der Waals surface area contributed by atoms with Crippen LogP contribution in [0.5, 0.6) is 0 Å². The number of carbonyl (C=O) groups is 2. The second kappa shape index (κ2) is 17.8. The molecular weight excluding hydrogens is 286 g/mol. The monoisotopic (exact) mass is 317 g/mol. The van der Waals surface area contributed by atoms with Gasteiger partial charge in [-0.15, -0.1) is 0 Å². The topological polar surface area (TPSA) is 115 Å². The molecule has 22 heavy (non-hydrogen) atoms. The fourth-order valence-corrected chi connectivity index (χ4v) is 1.78. The van der Waals surface area contributed by atoms with Gasteiger partial charge in [0, 0.05) is 45.7 Å². The third-order valence-electron chi connectivity index (χ3n) is 2.94. The predicted octanol–water partition coefficient (Wildman–Crippen LogP) is -1.65. The van der Waals surface area contributed by atoms with Crippen molar-refractivity contribution < 1.29 is 14.7 Å². The molecule has 0 spiro atoms. The molecule has 0 saturated heterocycles. The number of aliphatic carboxylic acids is 1. The molecule has 0 aliphatic rings. The average Bonchev–Trinajstić information content (AvgIpc) is 2.50. The summed E-state index contributed by atoms with van der Waals surface area (Å²) in [6.45, 7) is 7.75. The lowest BCUT2D eigenvalue weighted by atomic mass is 10.3. The van der Waals surface area contributed by atoms with Crippen LogP contribution in [0.1, 0.15) is 19.3 Å². The predicted molar refractivity (Wildman–Crippen MR) is 87.0 cm³/mol. The van der Waals surface area contributed by atoms with E-state index in [1.54, 1.807) is 0 Å². The van der Waals surface area contributed by atoms with Crippen LogP contribution in [0.3, 0.4) is 0 Å². The Hall–Kier alpha value is -1.22. The zero-order valence-electron chi connectivity index (χ0n) is 13.3. The van der Waals surface area contributed by atoms with Crippen LogP contribution < -0.4 is 26.6 Å². The fraction of sp³-hybridized carbons (Fsp3) is 0.857. The van der Waals surface area contributed by atoms with Crippen LogP contribution in [0.15, 0.2) is 0 Å². The minimum absolute atomic E-state index is 0.231. The molecule has 8 heteroatoms. The number of amides is 1. The van der Waals surface area contributed by atoms with Crippen molar-refractivity contribution in [3.05, 3.63) is 0 Å². The highest BCUT2D eigenvalue weighted by Gasteiger charge is 1.95. The summed E-state index contributed by atoms with van der Waals surface area (Å²) < 4.78 is 0. The summed E-state index contributed by atoms with van der Waals surface area (Å²) in [5.74, 6) is -0.736. The third kappa shape index (κ3) is 18.8. The molecule has 0 saturated carbocycles. The number of carbonyl (C=O) groups excluding carboxylic acids is 1. The summed E-state index contributed by atoms with van der Waals surface area (Å²) >= 11 is 0. The molecule has 0 bridgehead atoms. The Labute approximate surface area is 132 Å². The van der Waals surface area contributed by atoms with Crippen LogP contribution in [0.4, 0.5) is 0 Å².